The number of nitrogens with zero attached hydrogens (tertiary/aromatic N) is 3. The molecule has 0 radical (unpaired) electrons. The van der Waals surface area contributed by atoms with Crippen molar-refractivity contribution in [2.75, 3.05) is 0 Å². The van der Waals surface area contributed by atoms with Gasteiger partial charge in [0, 0.05) is 0 Å². The highest BCUT2D eigenvalue weighted by atomic mass is 16.4. The molecule has 2 rings (SSSR count). The highest BCUT2D eigenvalue weighted by Gasteiger charge is 2.14. The maximum absolute atomic E-state index is 11.1. The summed E-state index contributed by atoms with van der Waals surface area (Å²) in [5.41, 5.74) is 1.86. The van der Waals surface area contributed by atoms with E-state index in [0.717, 1.165) is 12.0 Å². The van der Waals surface area contributed by atoms with Crippen LogP contribution in [0.15, 0.2) is 30.9 Å². The van der Waals surface area contributed by atoms with Gasteiger partial charge < -0.3 is 5.11 Å². The lowest BCUT2D eigenvalue weighted by atomic mass is 10.0. The number of carbonyl (C=O) groups is 1. The van der Waals surface area contributed by atoms with Gasteiger partial charge in [0.05, 0.1) is 11.3 Å². The van der Waals surface area contributed by atoms with Gasteiger partial charge in [-0.15, -0.1) is 10.2 Å². The standard InChI is InChI=1S/C11H11N3O2/c1-2-8-4-3-5-9(11(15)16)10(8)14-6-12-13-7-14/h3-7H,2H2,1H3,(H,15,16). The molecule has 1 N–H and O–H groups in total. The van der Waals surface area contributed by atoms with Crippen molar-refractivity contribution in [3.63, 3.8) is 0 Å². The summed E-state index contributed by atoms with van der Waals surface area (Å²) >= 11 is 0. The van der Waals surface area contributed by atoms with E-state index in [1.54, 1.807) is 16.7 Å². The molecule has 5 nitrogen and oxygen atoms in total. The van der Waals surface area contributed by atoms with E-state index in [0.29, 0.717) is 5.69 Å². The molecule has 2 aromatic rings. The summed E-state index contributed by atoms with van der Waals surface area (Å²) in [7, 11) is 0. The number of para-hydroxylation sites is 1. The molecule has 0 saturated carbocycles. The van der Waals surface area contributed by atoms with Crippen LogP contribution in [0.5, 0.6) is 0 Å². The zero-order valence-corrected chi connectivity index (χ0v) is 8.79. The van der Waals surface area contributed by atoms with Gasteiger partial charge in [0.25, 0.3) is 0 Å². The molecule has 0 aliphatic carbocycles. The first-order valence-electron chi connectivity index (χ1n) is 4.94. The number of carboxylic acids is 1. The largest absolute Gasteiger partial charge is 0.478 e. The van der Waals surface area contributed by atoms with E-state index in [9.17, 15) is 4.79 Å². The predicted molar refractivity (Wildman–Crippen MR) is 57.7 cm³/mol. The fourth-order valence-electron chi connectivity index (χ4n) is 1.67. The Morgan fingerprint density at radius 1 is 1.38 bits per heavy atom. The third-order valence-corrected chi connectivity index (χ3v) is 2.41. The van der Waals surface area contributed by atoms with Gasteiger partial charge in [0.1, 0.15) is 12.7 Å². The molecule has 5 heteroatoms. The van der Waals surface area contributed by atoms with Crippen molar-refractivity contribution in [2.45, 2.75) is 13.3 Å². The van der Waals surface area contributed by atoms with Crippen molar-refractivity contribution in [3.8, 4) is 5.69 Å². The Balaban J connectivity index is 2.68. The summed E-state index contributed by atoms with van der Waals surface area (Å²) in [4.78, 5) is 11.1. The fraction of sp³-hybridized carbons (Fsp3) is 0.182. The Labute approximate surface area is 92.4 Å². The van der Waals surface area contributed by atoms with Crippen molar-refractivity contribution < 1.29 is 9.90 Å². The highest BCUT2D eigenvalue weighted by Crippen LogP contribution is 2.20. The maximum Gasteiger partial charge on any atom is 0.337 e. The number of aromatic nitrogens is 3. The Kier molecular flexibility index (Phi) is 2.68. The van der Waals surface area contributed by atoms with Crippen molar-refractivity contribution in [1.82, 2.24) is 14.8 Å². The van der Waals surface area contributed by atoms with Crippen LogP contribution in [0.3, 0.4) is 0 Å². The number of carboxylic acid groups (broad SMARTS) is 1. The van der Waals surface area contributed by atoms with Gasteiger partial charge in [0.15, 0.2) is 0 Å². The van der Waals surface area contributed by atoms with Crippen LogP contribution >= 0.6 is 0 Å². The molecule has 0 unspecified atom stereocenters. The van der Waals surface area contributed by atoms with Gasteiger partial charge in [0.2, 0.25) is 0 Å². The van der Waals surface area contributed by atoms with Crippen molar-refractivity contribution in [1.29, 1.82) is 0 Å². The van der Waals surface area contributed by atoms with Crippen LogP contribution in [0.25, 0.3) is 5.69 Å². The van der Waals surface area contributed by atoms with Crippen LogP contribution in [0, 0.1) is 0 Å². The molecule has 1 heterocycles. The molecule has 16 heavy (non-hydrogen) atoms. The molecule has 0 bridgehead atoms. The lowest BCUT2D eigenvalue weighted by molar-refractivity contribution is 0.0697. The third-order valence-electron chi connectivity index (χ3n) is 2.41. The van der Waals surface area contributed by atoms with Crippen LogP contribution in [0.4, 0.5) is 0 Å². The summed E-state index contributed by atoms with van der Waals surface area (Å²) < 4.78 is 1.63. The van der Waals surface area contributed by atoms with Crippen LogP contribution < -0.4 is 0 Å². The van der Waals surface area contributed by atoms with E-state index >= 15 is 0 Å². The molecule has 0 atom stereocenters. The molecule has 1 aromatic heterocycles. The van der Waals surface area contributed by atoms with E-state index in [2.05, 4.69) is 10.2 Å². The minimum Gasteiger partial charge on any atom is -0.478 e. The second kappa shape index (κ2) is 4.14. The molecular formula is C11H11N3O2. The summed E-state index contributed by atoms with van der Waals surface area (Å²) in [5, 5.41) is 16.5. The van der Waals surface area contributed by atoms with Crippen molar-refractivity contribution >= 4 is 5.97 Å². The zero-order chi connectivity index (χ0) is 11.5. The zero-order valence-electron chi connectivity index (χ0n) is 8.79. The van der Waals surface area contributed by atoms with Crippen LogP contribution in [-0.2, 0) is 6.42 Å². The van der Waals surface area contributed by atoms with Gasteiger partial charge in [-0.25, -0.2) is 4.79 Å². The normalized spacial score (nSPS) is 10.3. The van der Waals surface area contributed by atoms with Crippen molar-refractivity contribution in [2.24, 2.45) is 0 Å². The average molecular weight is 217 g/mol. The summed E-state index contributed by atoms with van der Waals surface area (Å²) in [6.07, 6.45) is 3.76. The van der Waals surface area contributed by atoms with E-state index < -0.39 is 5.97 Å². The van der Waals surface area contributed by atoms with Crippen LogP contribution in [-0.4, -0.2) is 25.8 Å². The van der Waals surface area contributed by atoms with Gasteiger partial charge >= 0.3 is 5.97 Å². The molecule has 0 spiro atoms. The smallest absolute Gasteiger partial charge is 0.337 e. The quantitative estimate of drug-likeness (QED) is 0.846. The molecule has 1 aromatic carbocycles. The number of rotatable bonds is 3. The van der Waals surface area contributed by atoms with E-state index in [-0.39, 0.29) is 5.56 Å². The van der Waals surface area contributed by atoms with E-state index in [1.165, 1.54) is 12.7 Å². The first-order chi connectivity index (χ1) is 7.74. The second-order valence-electron chi connectivity index (χ2n) is 3.34. The Morgan fingerprint density at radius 3 is 2.62 bits per heavy atom. The highest BCUT2D eigenvalue weighted by molar-refractivity contribution is 5.92. The third kappa shape index (κ3) is 1.67. The van der Waals surface area contributed by atoms with Gasteiger partial charge in [-0.2, -0.15) is 0 Å². The summed E-state index contributed by atoms with van der Waals surface area (Å²) in [6, 6.07) is 5.23. The van der Waals surface area contributed by atoms with Crippen LogP contribution in [0.1, 0.15) is 22.8 Å². The average Bonchev–Trinajstić information content (AvgIpc) is 2.81. The Bertz CT molecular complexity index is 506. The number of hydrogen-bond acceptors (Lipinski definition) is 3. The molecule has 0 aliphatic rings. The fourth-order valence-corrected chi connectivity index (χ4v) is 1.67. The molecule has 0 aliphatic heterocycles. The second-order valence-corrected chi connectivity index (χ2v) is 3.34. The lowest BCUT2D eigenvalue weighted by Crippen LogP contribution is -2.07. The van der Waals surface area contributed by atoms with Gasteiger partial charge in [-0.1, -0.05) is 19.1 Å². The van der Waals surface area contributed by atoms with Gasteiger partial charge in [-0.05, 0) is 18.1 Å². The van der Waals surface area contributed by atoms with E-state index in [1.807, 2.05) is 13.0 Å². The number of hydrogen-bond donors (Lipinski definition) is 1. The van der Waals surface area contributed by atoms with Gasteiger partial charge in [-0.3, -0.25) is 4.57 Å². The van der Waals surface area contributed by atoms with E-state index in [4.69, 9.17) is 5.11 Å². The van der Waals surface area contributed by atoms with Crippen molar-refractivity contribution in [3.05, 3.63) is 42.0 Å². The Hall–Kier alpha value is -2.17. The SMILES string of the molecule is CCc1cccc(C(=O)O)c1-n1cnnc1. The minimum absolute atomic E-state index is 0.263. The predicted octanol–water partition coefficient (Wildman–Crippen LogP) is 1.53. The summed E-state index contributed by atoms with van der Waals surface area (Å²) in [6.45, 7) is 1.98. The minimum atomic E-state index is -0.945. The lowest BCUT2D eigenvalue weighted by Gasteiger charge is -2.10. The number of aromatic carboxylic acids is 1. The molecular weight excluding hydrogens is 206 g/mol. The van der Waals surface area contributed by atoms with Crippen LogP contribution in [0.2, 0.25) is 0 Å². The first-order valence-corrected chi connectivity index (χ1v) is 4.94. The maximum atomic E-state index is 11.1. The first kappa shape index (κ1) is 10.4. The summed E-state index contributed by atoms with van der Waals surface area (Å²) in [5.74, 6) is -0.945. The molecule has 0 amide bonds. The Morgan fingerprint density at radius 2 is 2.06 bits per heavy atom. The number of aryl methyl sites for hydroxylation is 1. The monoisotopic (exact) mass is 217 g/mol. The molecule has 0 fully saturated rings. The number of benzene rings is 1. The topological polar surface area (TPSA) is 68.0 Å². The molecule has 82 valence electrons. The molecule has 0 saturated heterocycles.